The molecule has 5 aromatic carbocycles. The Bertz CT molecular complexity index is 2640. The van der Waals surface area contributed by atoms with E-state index in [1.165, 1.54) is 11.1 Å². The van der Waals surface area contributed by atoms with Crippen LogP contribution in [0.5, 0.6) is 17.2 Å². The molecule has 312 valence electrons. The Morgan fingerprint density at radius 2 is 1.05 bits per heavy atom. The maximum Gasteiger partial charge on any atom is 0.463 e. The highest BCUT2D eigenvalue weighted by atomic mass is 31.2. The van der Waals surface area contributed by atoms with Crippen LogP contribution in [0.2, 0.25) is 0 Å². The van der Waals surface area contributed by atoms with Gasteiger partial charge in [-0.15, -0.1) is 0 Å². The van der Waals surface area contributed by atoms with Gasteiger partial charge < -0.3 is 22.0 Å². The van der Waals surface area contributed by atoms with Crippen molar-refractivity contribution in [2.45, 2.75) is 117 Å². The Morgan fingerprint density at radius 1 is 0.550 bits per heavy atom. The zero-order chi connectivity index (χ0) is 42.8. The number of hydrogen-bond donors (Lipinski definition) is 0. The highest BCUT2D eigenvalue weighted by molar-refractivity contribution is 7.42. The summed E-state index contributed by atoms with van der Waals surface area (Å²) in [5.74, 6) is 2.15. The van der Waals surface area contributed by atoms with Crippen LogP contribution < -0.4 is 13.6 Å². The molecule has 8 rings (SSSR count). The van der Waals surface area contributed by atoms with Gasteiger partial charge in [0.1, 0.15) is 28.4 Å². The SMILES string of the molecule is CC(C)(C)c1cc(-c2cc(C(C)(C)C)cc(C(C)(C)C)c2Op2oc3ccccc3c3ccccc3o2)c(OP2Oc3ccccc3C3=CC=CCC3O2)c(C(C)(C)C)c1. The molecule has 0 fully saturated rings. The Balaban J connectivity index is 1.42. The summed E-state index contributed by atoms with van der Waals surface area (Å²) in [4.78, 5) is 0. The summed E-state index contributed by atoms with van der Waals surface area (Å²) in [5, 5.41) is 1.92. The van der Waals surface area contributed by atoms with Gasteiger partial charge in [-0.2, -0.15) is 0 Å². The lowest BCUT2D eigenvalue weighted by Gasteiger charge is -2.32. The molecule has 0 bridgehead atoms. The molecule has 1 aliphatic heterocycles. The smallest absolute Gasteiger partial charge is 0.417 e. The largest absolute Gasteiger partial charge is 0.463 e. The van der Waals surface area contributed by atoms with Gasteiger partial charge in [-0.3, -0.25) is 4.52 Å². The highest BCUT2D eigenvalue weighted by Crippen LogP contribution is 2.57. The van der Waals surface area contributed by atoms with Crippen LogP contribution in [-0.2, 0) is 26.2 Å². The van der Waals surface area contributed by atoms with E-state index < -0.39 is 16.8 Å². The predicted octanol–water partition coefficient (Wildman–Crippen LogP) is 16.4. The molecule has 2 atom stereocenters. The van der Waals surface area contributed by atoms with E-state index in [0.29, 0.717) is 22.7 Å². The molecule has 0 saturated carbocycles. The molecule has 0 radical (unpaired) electrons. The quantitative estimate of drug-likeness (QED) is 0.161. The molecular weight excluding hydrogens is 783 g/mol. The van der Waals surface area contributed by atoms with Crippen molar-refractivity contribution in [1.29, 1.82) is 0 Å². The van der Waals surface area contributed by atoms with Crippen molar-refractivity contribution in [3.05, 3.63) is 143 Å². The van der Waals surface area contributed by atoms with Gasteiger partial charge >= 0.3 is 16.8 Å². The molecule has 1 aromatic heterocycles. The predicted molar refractivity (Wildman–Crippen MR) is 250 cm³/mol. The minimum atomic E-state index is -1.98. The number of para-hydroxylation sites is 3. The number of fused-ring (bicyclic) bond motifs is 6. The second-order valence-corrected chi connectivity index (χ2v) is 22.1. The van der Waals surface area contributed by atoms with Crippen LogP contribution >= 0.6 is 16.8 Å². The van der Waals surface area contributed by atoms with Gasteiger partial charge in [0.15, 0.2) is 0 Å². The lowest BCUT2D eigenvalue weighted by atomic mass is 9.75. The van der Waals surface area contributed by atoms with Crippen LogP contribution in [0.25, 0.3) is 38.6 Å². The minimum Gasteiger partial charge on any atom is -0.417 e. The van der Waals surface area contributed by atoms with E-state index in [2.05, 4.69) is 144 Å². The highest BCUT2D eigenvalue weighted by Gasteiger charge is 2.37. The van der Waals surface area contributed by atoms with Gasteiger partial charge in [-0.25, -0.2) is 0 Å². The molecule has 6 aromatic rings. The van der Waals surface area contributed by atoms with Crippen molar-refractivity contribution >= 4 is 44.4 Å². The molecule has 0 N–H and O–H groups in total. The van der Waals surface area contributed by atoms with Gasteiger partial charge in [0.2, 0.25) is 0 Å². The third-order valence-electron chi connectivity index (χ3n) is 11.3. The molecule has 0 saturated heterocycles. The van der Waals surface area contributed by atoms with Gasteiger partial charge in [-0.05, 0) is 75.1 Å². The third kappa shape index (κ3) is 8.45. The molecule has 0 amide bonds. The number of benzene rings is 5. The molecule has 2 unspecified atom stereocenters. The van der Waals surface area contributed by atoms with E-state index in [1.54, 1.807) is 0 Å². The van der Waals surface area contributed by atoms with Gasteiger partial charge in [-0.1, -0.05) is 168 Å². The average molecular weight is 841 g/mol. The lowest BCUT2D eigenvalue weighted by molar-refractivity contribution is 0.229. The summed E-state index contributed by atoms with van der Waals surface area (Å²) >= 11 is 0. The van der Waals surface area contributed by atoms with Crippen molar-refractivity contribution in [3.63, 3.8) is 0 Å². The molecule has 60 heavy (non-hydrogen) atoms. The van der Waals surface area contributed by atoms with Gasteiger partial charge in [0, 0.05) is 38.6 Å². The zero-order valence-corrected chi connectivity index (χ0v) is 38.9. The van der Waals surface area contributed by atoms with E-state index in [4.69, 9.17) is 26.5 Å². The lowest BCUT2D eigenvalue weighted by Crippen LogP contribution is -2.20. The number of hydrogen-bond acceptors (Lipinski definition) is 6. The van der Waals surface area contributed by atoms with Crippen molar-refractivity contribution in [2.24, 2.45) is 0 Å². The van der Waals surface area contributed by atoms with Crippen molar-refractivity contribution in [3.8, 4) is 28.4 Å². The van der Waals surface area contributed by atoms with Crippen molar-refractivity contribution < 1.29 is 26.5 Å². The standard InChI is InChI=1S/C52H58O6P2/c1-49(2,3)33-29-39(47(41(31-33)51(7,8)9)57-59-53-43-25-17-13-21-35(43)36-22-14-18-26-44(36)54-59)40-30-34(50(4,5)6)32-42(52(10,11)12)48(40)58-60-55-45-27-19-15-23-37(45)38-24-16-20-28-46(38)56-60/h13-27,29-32,46H,28H2,1-12H3. The molecule has 2 heterocycles. The first-order valence-electron chi connectivity index (χ1n) is 21.0. The van der Waals surface area contributed by atoms with Crippen LogP contribution in [0.3, 0.4) is 0 Å². The summed E-state index contributed by atoms with van der Waals surface area (Å²) in [7, 11) is -3.90. The van der Waals surface area contributed by atoms with Crippen LogP contribution in [0.4, 0.5) is 0 Å². The first-order valence-corrected chi connectivity index (χ1v) is 23.1. The van der Waals surface area contributed by atoms with E-state index in [1.807, 2.05) is 54.6 Å². The average Bonchev–Trinajstić information content (AvgIpc) is 3.43. The first kappa shape index (κ1) is 42.0. The maximum absolute atomic E-state index is 7.32. The second-order valence-electron chi connectivity index (χ2n) is 20.1. The molecular formula is C52H58O6P2. The maximum atomic E-state index is 7.32. The van der Waals surface area contributed by atoms with Crippen molar-refractivity contribution in [2.75, 3.05) is 0 Å². The summed E-state index contributed by atoms with van der Waals surface area (Å²) < 4.78 is 41.8. The van der Waals surface area contributed by atoms with Crippen LogP contribution in [0, 0.1) is 0 Å². The normalized spacial score (nSPS) is 17.0. The summed E-state index contributed by atoms with van der Waals surface area (Å²) in [6, 6.07) is 33.5. The second kappa shape index (κ2) is 15.6. The number of rotatable bonds is 5. The van der Waals surface area contributed by atoms with E-state index in [-0.39, 0.29) is 27.8 Å². The Morgan fingerprint density at radius 3 is 1.58 bits per heavy atom. The van der Waals surface area contributed by atoms with Crippen LogP contribution in [0.1, 0.15) is 117 Å². The van der Waals surface area contributed by atoms with Crippen molar-refractivity contribution in [1.82, 2.24) is 0 Å². The monoisotopic (exact) mass is 840 g/mol. The first-order chi connectivity index (χ1) is 28.3. The summed E-state index contributed by atoms with van der Waals surface area (Å²) in [5.41, 5.74) is 8.73. The van der Waals surface area contributed by atoms with E-state index >= 15 is 0 Å². The fraction of sp³-hybridized carbons (Fsp3) is 0.346. The van der Waals surface area contributed by atoms with Crippen LogP contribution in [-0.4, -0.2) is 6.10 Å². The van der Waals surface area contributed by atoms with Crippen LogP contribution in [0.15, 0.2) is 124 Å². The summed E-state index contributed by atoms with van der Waals surface area (Å²) in [6.07, 6.45) is 6.88. The molecule has 1 aliphatic carbocycles. The molecule has 0 spiro atoms. The fourth-order valence-corrected chi connectivity index (χ4v) is 10.0. The topological polar surface area (TPSA) is 63.2 Å². The molecule has 8 heteroatoms. The van der Waals surface area contributed by atoms with Gasteiger partial charge in [0.05, 0.1) is 6.10 Å². The van der Waals surface area contributed by atoms with Gasteiger partial charge in [0.25, 0.3) is 0 Å². The third-order valence-corrected chi connectivity index (χ3v) is 13.4. The zero-order valence-electron chi connectivity index (χ0n) is 37.1. The Labute approximate surface area is 358 Å². The fourth-order valence-electron chi connectivity index (χ4n) is 7.74. The molecule has 6 nitrogen and oxygen atoms in total. The molecule has 2 aliphatic rings. The van der Waals surface area contributed by atoms with E-state index in [9.17, 15) is 0 Å². The summed E-state index contributed by atoms with van der Waals surface area (Å²) in [6.45, 7) is 27.0. The van der Waals surface area contributed by atoms with E-state index in [0.717, 1.165) is 56.3 Å². The number of allylic oxidation sites excluding steroid dienone is 2. The Kier molecular flexibility index (Phi) is 10.9. The minimum absolute atomic E-state index is 0.193. The Hall–Kier alpha value is -4.73.